The molecule has 2 unspecified atom stereocenters. The number of alkyl halides is 6. The number of aryl methyl sites for hydroxylation is 2. The molecule has 4 aliphatic rings. The molecule has 2 bridgehead atoms. The van der Waals surface area contributed by atoms with Crippen LogP contribution >= 0.6 is 0 Å². The quantitative estimate of drug-likeness (QED) is 0.402. The molecular formula is C26H24F6N4O2. The smallest absolute Gasteiger partial charge is 0.373 e. The van der Waals surface area contributed by atoms with Crippen molar-refractivity contribution < 1.29 is 31.1 Å². The van der Waals surface area contributed by atoms with Crippen LogP contribution in [-0.2, 0) is 23.4 Å². The van der Waals surface area contributed by atoms with Gasteiger partial charge in [0.15, 0.2) is 5.65 Å². The first-order valence-electron chi connectivity index (χ1n) is 12.3. The third kappa shape index (κ3) is 3.74. The van der Waals surface area contributed by atoms with Gasteiger partial charge in [0.05, 0.1) is 28.5 Å². The lowest BCUT2D eigenvalue weighted by molar-refractivity contribution is -0.337. The molecule has 0 amide bonds. The number of hydrogen-bond acceptors (Lipinski definition) is 5. The summed E-state index contributed by atoms with van der Waals surface area (Å²) in [6.45, 7) is 1.60. The van der Waals surface area contributed by atoms with E-state index < -0.39 is 28.7 Å². The Labute approximate surface area is 213 Å². The summed E-state index contributed by atoms with van der Waals surface area (Å²) in [5.74, 6) is 0.102. The first-order chi connectivity index (χ1) is 17.7. The summed E-state index contributed by atoms with van der Waals surface area (Å²) < 4.78 is 89.2. The van der Waals surface area contributed by atoms with Crippen LogP contribution < -0.4 is 5.56 Å². The summed E-state index contributed by atoms with van der Waals surface area (Å²) in [7, 11) is 1.63. The van der Waals surface area contributed by atoms with Crippen molar-refractivity contribution in [3.8, 4) is 0 Å². The van der Waals surface area contributed by atoms with Crippen LogP contribution in [0.25, 0.3) is 11.0 Å². The average Bonchev–Trinajstić information content (AvgIpc) is 2.77. The first-order valence-corrected chi connectivity index (χ1v) is 12.3. The van der Waals surface area contributed by atoms with E-state index in [0.29, 0.717) is 25.3 Å². The molecule has 3 aromatic rings. The molecule has 1 aliphatic heterocycles. The molecular weight excluding hydrogens is 514 g/mol. The first kappa shape index (κ1) is 25.3. The third-order valence-electron chi connectivity index (χ3n) is 8.46. The van der Waals surface area contributed by atoms with Crippen molar-refractivity contribution in [2.24, 2.45) is 12.5 Å². The fourth-order valence-electron chi connectivity index (χ4n) is 6.44. The molecule has 6 nitrogen and oxygen atoms in total. The standard InChI is InChI=1S/C26H24F6N4O2/c1-13-17(25(27,28)29)8-16-20(23-10-24(11-23,12-23)26(30,31)32)34-21(35-22(16)33-13)14-5-6-38-18(7-14)15-3-4-19(37)36(2)9-15/h3-4,8-9,14,18H,5-7,10-12H2,1-2H3. The van der Waals surface area contributed by atoms with Crippen molar-refractivity contribution in [1.29, 1.82) is 0 Å². The molecule has 0 aromatic carbocycles. The van der Waals surface area contributed by atoms with Gasteiger partial charge in [0.2, 0.25) is 5.56 Å². The summed E-state index contributed by atoms with van der Waals surface area (Å²) in [5, 5.41) is 0.0591. The number of ether oxygens (including phenoxy) is 1. The van der Waals surface area contributed by atoms with Crippen molar-refractivity contribution in [1.82, 2.24) is 19.5 Å². The molecule has 1 saturated heterocycles. The van der Waals surface area contributed by atoms with Gasteiger partial charge in [-0.1, -0.05) is 0 Å². The lowest BCUT2D eigenvalue weighted by Crippen LogP contribution is -2.70. The summed E-state index contributed by atoms with van der Waals surface area (Å²) in [5.41, 5.74) is -3.01. The molecule has 3 saturated carbocycles. The zero-order valence-corrected chi connectivity index (χ0v) is 20.6. The average molecular weight is 538 g/mol. The molecule has 38 heavy (non-hydrogen) atoms. The second-order valence-electron chi connectivity index (χ2n) is 11.0. The van der Waals surface area contributed by atoms with Crippen molar-refractivity contribution in [3.63, 3.8) is 0 Å². The van der Waals surface area contributed by atoms with Crippen LogP contribution in [0.5, 0.6) is 0 Å². The molecule has 2 atom stereocenters. The zero-order chi connectivity index (χ0) is 27.3. The minimum absolute atomic E-state index is 0.0591. The van der Waals surface area contributed by atoms with Gasteiger partial charge in [0.25, 0.3) is 0 Å². The van der Waals surface area contributed by atoms with Gasteiger partial charge < -0.3 is 9.30 Å². The number of halogens is 6. The van der Waals surface area contributed by atoms with E-state index in [2.05, 4.69) is 15.0 Å². The maximum atomic E-state index is 13.7. The number of hydrogen-bond donors (Lipinski definition) is 0. The van der Waals surface area contributed by atoms with Gasteiger partial charge in [0, 0.05) is 42.6 Å². The van der Waals surface area contributed by atoms with Crippen LogP contribution in [0.2, 0.25) is 0 Å². The largest absolute Gasteiger partial charge is 0.418 e. The second kappa shape index (κ2) is 8.00. The zero-order valence-electron chi connectivity index (χ0n) is 20.6. The Balaban J connectivity index is 1.42. The minimum atomic E-state index is -4.67. The summed E-state index contributed by atoms with van der Waals surface area (Å²) in [6.07, 6.45) is -7.32. The lowest BCUT2D eigenvalue weighted by Gasteiger charge is -2.70. The normalized spacial score (nSPS) is 29.2. The molecule has 202 valence electrons. The maximum absolute atomic E-state index is 13.7. The molecule has 0 radical (unpaired) electrons. The summed E-state index contributed by atoms with van der Waals surface area (Å²) in [6, 6.07) is 4.07. The van der Waals surface area contributed by atoms with Crippen molar-refractivity contribution in [3.05, 3.63) is 63.1 Å². The second-order valence-corrected chi connectivity index (χ2v) is 11.0. The van der Waals surface area contributed by atoms with Crippen LogP contribution in [0.4, 0.5) is 26.3 Å². The van der Waals surface area contributed by atoms with E-state index in [4.69, 9.17) is 4.74 Å². The van der Waals surface area contributed by atoms with Crippen molar-refractivity contribution in [2.75, 3.05) is 6.61 Å². The Morgan fingerprint density at radius 3 is 2.39 bits per heavy atom. The van der Waals surface area contributed by atoms with Crippen LogP contribution in [0.1, 0.15) is 72.5 Å². The van der Waals surface area contributed by atoms with E-state index >= 15 is 0 Å². The highest BCUT2D eigenvalue weighted by molar-refractivity contribution is 5.81. The highest BCUT2D eigenvalue weighted by Gasteiger charge is 2.79. The van der Waals surface area contributed by atoms with Gasteiger partial charge in [-0.3, -0.25) is 4.79 Å². The van der Waals surface area contributed by atoms with Gasteiger partial charge in [0.1, 0.15) is 5.82 Å². The Hall–Kier alpha value is -3.02. The Morgan fingerprint density at radius 2 is 1.76 bits per heavy atom. The fraction of sp³-hybridized carbons (Fsp3) is 0.538. The number of aromatic nitrogens is 4. The number of nitrogens with zero attached hydrogens (tertiary/aromatic N) is 4. The Kier molecular flexibility index (Phi) is 5.32. The summed E-state index contributed by atoms with van der Waals surface area (Å²) >= 11 is 0. The Bertz CT molecular complexity index is 1490. The predicted molar refractivity (Wildman–Crippen MR) is 123 cm³/mol. The topological polar surface area (TPSA) is 69.9 Å². The van der Waals surface area contributed by atoms with Crippen LogP contribution in [0, 0.1) is 12.3 Å². The van der Waals surface area contributed by atoms with E-state index in [9.17, 15) is 31.1 Å². The van der Waals surface area contributed by atoms with Gasteiger partial charge in [-0.15, -0.1) is 0 Å². The van der Waals surface area contributed by atoms with Crippen molar-refractivity contribution >= 4 is 11.0 Å². The van der Waals surface area contributed by atoms with Gasteiger partial charge in [-0.05, 0) is 56.7 Å². The highest BCUT2D eigenvalue weighted by atomic mass is 19.4. The predicted octanol–water partition coefficient (Wildman–Crippen LogP) is 5.67. The monoisotopic (exact) mass is 538 g/mol. The fourth-order valence-corrected chi connectivity index (χ4v) is 6.44. The van der Waals surface area contributed by atoms with Crippen LogP contribution in [0.15, 0.2) is 29.2 Å². The van der Waals surface area contributed by atoms with E-state index in [0.717, 1.165) is 11.6 Å². The molecule has 4 heterocycles. The van der Waals surface area contributed by atoms with Crippen LogP contribution in [-0.4, -0.2) is 32.3 Å². The number of pyridine rings is 2. The van der Waals surface area contributed by atoms with Gasteiger partial charge in [-0.25, -0.2) is 15.0 Å². The molecule has 4 fully saturated rings. The van der Waals surface area contributed by atoms with Crippen molar-refractivity contribution in [2.45, 2.75) is 68.8 Å². The Morgan fingerprint density at radius 1 is 1.05 bits per heavy atom. The molecule has 3 aromatic heterocycles. The molecule has 3 aliphatic carbocycles. The number of fused-ring (bicyclic) bond motifs is 1. The van der Waals surface area contributed by atoms with E-state index in [1.807, 2.05) is 0 Å². The van der Waals surface area contributed by atoms with E-state index in [1.165, 1.54) is 17.6 Å². The van der Waals surface area contributed by atoms with Gasteiger partial charge in [-0.2, -0.15) is 26.3 Å². The molecule has 7 rings (SSSR count). The minimum Gasteiger partial charge on any atom is -0.373 e. The third-order valence-corrected chi connectivity index (χ3v) is 8.46. The molecule has 12 heteroatoms. The van der Waals surface area contributed by atoms with Gasteiger partial charge >= 0.3 is 12.4 Å². The summed E-state index contributed by atoms with van der Waals surface area (Å²) in [4.78, 5) is 25.2. The SMILES string of the molecule is Cc1nc2nc(C3CCOC(c4ccc(=O)n(C)c4)C3)nc(C34CC(C(F)(F)F)(C3)C4)c2cc1C(F)(F)F. The highest BCUT2D eigenvalue weighted by Crippen LogP contribution is 2.78. The van der Waals surface area contributed by atoms with Crippen LogP contribution in [0.3, 0.4) is 0 Å². The van der Waals surface area contributed by atoms with E-state index in [1.54, 1.807) is 19.3 Å². The number of rotatable bonds is 3. The maximum Gasteiger partial charge on any atom is 0.418 e. The molecule has 0 N–H and O–H groups in total. The van der Waals surface area contributed by atoms with E-state index in [-0.39, 0.29) is 59.3 Å². The molecule has 0 spiro atoms. The lowest BCUT2D eigenvalue weighted by atomic mass is 9.33.